The maximum Gasteiger partial charge on any atom is 0.336 e. The minimum atomic E-state index is -1.66. The van der Waals surface area contributed by atoms with Crippen LogP contribution >= 0.6 is 9.24 Å². The van der Waals surface area contributed by atoms with E-state index in [4.69, 9.17) is 18.9 Å². The molecule has 0 aromatic carbocycles. The topological polar surface area (TPSA) is 161 Å². The summed E-state index contributed by atoms with van der Waals surface area (Å²) in [6.45, 7) is 7.56. The average Bonchev–Trinajstić information content (AvgIpc) is 2.79. The molecule has 1 rings (SSSR count). The molecule has 0 radical (unpaired) electrons. The molecule has 12 heteroatoms. The lowest BCUT2D eigenvalue weighted by atomic mass is 10.0. The zero-order valence-electron chi connectivity index (χ0n) is 19.1. The number of rotatable bonds is 11. The summed E-state index contributed by atoms with van der Waals surface area (Å²) in [6, 6.07) is -0.531. The van der Waals surface area contributed by atoms with Crippen LogP contribution in [-0.4, -0.2) is 101 Å². The van der Waals surface area contributed by atoms with Gasteiger partial charge in [0.25, 0.3) is 0 Å². The number of aliphatic carboxylic acids is 1. The van der Waals surface area contributed by atoms with Gasteiger partial charge in [-0.1, -0.05) is 0 Å². The summed E-state index contributed by atoms with van der Waals surface area (Å²) in [4.78, 5) is 34.9. The number of aliphatic hydroxyl groups excluding tert-OH is 2. The van der Waals surface area contributed by atoms with Gasteiger partial charge < -0.3 is 44.4 Å². The van der Waals surface area contributed by atoms with Gasteiger partial charge in [0, 0.05) is 13.1 Å². The quantitative estimate of drug-likeness (QED) is 0.171. The van der Waals surface area contributed by atoms with Gasteiger partial charge in [-0.05, 0) is 34.1 Å². The number of ether oxygens (including phenoxy) is 4. The fraction of sp³-hybridized carbons (Fsp3) is 0.850. The van der Waals surface area contributed by atoms with Crippen LogP contribution in [0.3, 0.4) is 0 Å². The van der Waals surface area contributed by atoms with Gasteiger partial charge in [0.15, 0.2) is 24.8 Å². The molecule has 1 saturated heterocycles. The molecule has 0 saturated carbocycles. The Labute approximate surface area is 190 Å². The molecule has 1 fully saturated rings. The molecular weight excluding hydrogens is 445 g/mol. The third-order valence-corrected chi connectivity index (χ3v) is 5.14. The fourth-order valence-electron chi connectivity index (χ4n) is 3.34. The molecule has 186 valence electrons. The van der Waals surface area contributed by atoms with Crippen molar-refractivity contribution in [2.45, 2.75) is 95.6 Å². The highest BCUT2D eigenvalue weighted by Crippen LogP contribution is 2.25. The first-order valence-corrected chi connectivity index (χ1v) is 11.2. The molecule has 1 aliphatic heterocycles. The fourth-order valence-corrected chi connectivity index (χ4v) is 3.57. The number of carboxylic acid groups (broad SMARTS) is 1. The summed E-state index contributed by atoms with van der Waals surface area (Å²) in [7, 11) is 2.35. The average molecular weight is 481 g/mol. The lowest BCUT2D eigenvalue weighted by molar-refractivity contribution is -0.234. The molecule has 9 atom stereocenters. The molecule has 6 unspecified atom stereocenters. The summed E-state index contributed by atoms with van der Waals surface area (Å²) in [5.41, 5.74) is -0.801. The summed E-state index contributed by atoms with van der Waals surface area (Å²) in [5, 5.41) is 32.6. The van der Waals surface area contributed by atoms with Crippen molar-refractivity contribution < 1.29 is 48.7 Å². The molecule has 0 aromatic rings. The molecule has 32 heavy (non-hydrogen) atoms. The predicted molar refractivity (Wildman–Crippen MR) is 116 cm³/mol. The number of carbonyl (C=O) groups is 3. The van der Waals surface area contributed by atoms with E-state index >= 15 is 0 Å². The van der Waals surface area contributed by atoms with Gasteiger partial charge in [-0.15, -0.1) is 9.24 Å². The number of aldehydes is 1. The van der Waals surface area contributed by atoms with Crippen LogP contribution in [0.4, 0.5) is 0 Å². The molecule has 11 nitrogen and oxygen atoms in total. The Morgan fingerprint density at radius 3 is 2.41 bits per heavy atom. The molecule has 1 heterocycles. The molecule has 0 aromatic heterocycles. The monoisotopic (exact) mass is 481 g/mol. The standard InChI is InChI=1S/C20H36NO10P/c1-10-12(21-11(2)24)6-13(17(25)14(7-22)28-10)29-16(9-32)30-18(19(26)27)15(8-23)31-20(3,4)5/h8,10,12-18,22,25H,6-7,9,32H2,1-5H3,(H,21,24)(H,26,27)/t10-,12?,13?,14?,15?,16+,17+,18?/m0/s1. The van der Waals surface area contributed by atoms with Crippen molar-refractivity contribution >= 4 is 27.4 Å². The van der Waals surface area contributed by atoms with Gasteiger partial charge in [-0.2, -0.15) is 0 Å². The first-order valence-electron chi connectivity index (χ1n) is 10.4. The molecule has 4 N–H and O–H groups in total. The number of hydrogen-bond donors (Lipinski definition) is 4. The Morgan fingerprint density at radius 2 is 1.97 bits per heavy atom. The Bertz CT molecular complexity index is 628. The van der Waals surface area contributed by atoms with Gasteiger partial charge in [0.05, 0.1) is 30.5 Å². The number of nitrogens with one attached hydrogen (secondary N) is 1. The van der Waals surface area contributed by atoms with E-state index in [1.165, 1.54) is 6.92 Å². The lowest BCUT2D eigenvalue weighted by Crippen LogP contribution is -2.48. The van der Waals surface area contributed by atoms with E-state index in [0.29, 0.717) is 6.29 Å². The Morgan fingerprint density at radius 1 is 1.34 bits per heavy atom. The number of hydrogen-bond acceptors (Lipinski definition) is 9. The van der Waals surface area contributed by atoms with E-state index in [1.54, 1.807) is 27.7 Å². The Kier molecular flexibility index (Phi) is 11.6. The van der Waals surface area contributed by atoms with Crippen molar-refractivity contribution in [3.63, 3.8) is 0 Å². The number of carbonyl (C=O) groups excluding carboxylic acids is 2. The highest BCUT2D eigenvalue weighted by Gasteiger charge is 2.41. The first kappa shape index (κ1) is 28.8. The highest BCUT2D eigenvalue weighted by molar-refractivity contribution is 7.16. The van der Waals surface area contributed by atoms with Crippen molar-refractivity contribution in [3.8, 4) is 0 Å². The third-order valence-electron chi connectivity index (χ3n) is 4.76. The van der Waals surface area contributed by atoms with Crippen LogP contribution in [0.25, 0.3) is 0 Å². The SMILES string of the molecule is CC(=O)NC1CC(O[C@@H](CP)OC(C(=O)O)C(C=O)OC(C)(C)C)[C@@H](O)C(CO)O[C@H]1C. The van der Waals surface area contributed by atoms with Crippen molar-refractivity contribution in [1.29, 1.82) is 0 Å². The highest BCUT2D eigenvalue weighted by atomic mass is 31.0. The summed E-state index contributed by atoms with van der Waals surface area (Å²) in [6.07, 6.45) is -7.37. The maximum atomic E-state index is 11.8. The molecule has 0 bridgehead atoms. The lowest BCUT2D eigenvalue weighted by Gasteiger charge is -2.33. The van der Waals surface area contributed by atoms with Gasteiger partial charge >= 0.3 is 5.97 Å². The zero-order valence-corrected chi connectivity index (χ0v) is 20.2. The van der Waals surface area contributed by atoms with Crippen LogP contribution in [0.2, 0.25) is 0 Å². The maximum absolute atomic E-state index is 11.8. The van der Waals surface area contributed by atoms with Gasteiger partial charge in [0.1, 0.15) is 12.2 Å². The van der Waals surface area contributed by atoms with Crippen molar-refractivity contribution in [2.75, 3.05) is 12.8 Å². The zero-order chi connectivity index (χ0) is 24.6. The Hall–Kier alpha value is -1.20. The Balaban J connectivity index is 3.06. The van der Waals surface area contributed by atoms with Crippen molar-refractivity contribution in [1.82, 2.24) is 5.32 Å². The molecular formula is C20H36NO10P. The molecule has 1 aliphatic rings. The van der Waals surface area contributed by atoms with Crippen LogP contribution in [0.5, 0.6) is 0 Å². The van der Waals surface area contributed by atoms with E-state index in [2.05, 4.69) is 14.6 Å². The number of carboxylic acids is 1. The van der Waals surface area contributed by atoms with E-state index < -0.39 is 67.1 Å². The predicted octanol–water partition coefficient (Wildman–Crippen LogP) is -0.539. The smallest absolute Gasteiger partial charge is 0.336 e. The van der Waals surface area contributed by atoms with E-state index in [0.717, 1.165) is 0 Å². The molecule has 1 amide bonds. The summed E-state index contributed by atoms with van der Waals surface area (Å²) < 4.78 is 22.6. The second-order valence-corrected chi connectivity index (χ2v) is 9.13. The summed E-state index contributed by atoms with van der Waals surface area (Å²) >= 11 is 0. The normalized spacial score (nSPS) is 29.4. The van der Waals surface area contributed by atoms with E-state index in [1.807, 2.05) is 0 Å². The van der Waals surface area contributed by atoms with Crippen LogP contribution in [0.1, 0.15) is 41.0 Å². The van der Waals surface area contributed by atoms with Gasteiger partial charge in [-0.3, -0.25) is 4.79 Å². The van der Waals surface area contributed by atoms with Gasteiger partial charge in [-0.25, -0.2) is 4.79 Å². The van der Waals surface area contributed by atoms with Gasteiger partial charge in [0.2, 0.25) is 5.91 Å². The van der Waals surface area contributed by atoms with Crippen LogP contribution in [0, 0.1) is 0 Å². The molecule has 0 aliphatic carbocycles. The number of amides is 1. The minimum Gasteiger partial charge on any atom is -0.479 e. The number of aliphatic hydroxyl groups is 2. The minimum absolute atomic E-state index is 0.110. The first-order chi connectivity index (χ1) is 14.8. The third kappa shape index (κ3) is 8.97. The second-order valence-electron chi connectivity index (χ2n) is 8.66. The van der Waals surface area contributed by atoms with E-state index in [9.17, 15) is 29.7 Å². The van der Waals surface area contributed by atoms with Crippen molar-refractivity contribution in [2.24, 2.45) is 0 Å². The van der Waals surface area contributed by atoms with Crippen LogP contribution in [-0.2, 0) is 33.3 Å². The van der Waals surface area contributed by atoms with Crippen LogP contribution in [0.15, 0.2) is 0 Å². The van der Waals surface area contributed by atoms with Crippen LogP contribution < -0.4 is 5.32 Å². The van der Waals surface area contributed by atoms with E-state index in [-0.39, 0.29) is 18.5 Å². The molecule has 0 spiro atoms. The second kappa shape index (κ2) is 12.9. The largest absolute Gasteiger partial charge is 0.479 e. The summed E-state index contributed by atoms with van der Waals surface area (Å²) in [5.74, 6) is -1.72. The van der Waals surface area contributed by atoms with Crippen molar-refractivity contribution in [3.05, 3.63) is 0 Å².